The second-order valence-electron chi connectivity index (χ2n) is 3.75. The summed E-state index contributed by atoms with van der Waals surface area (Å²) in [5, 5.41) is 12.0. The van der Waals surface area contributed by atoms with Crippen molar-refractivity contribution in [2.24, 2.45) is 0 Å². The van der Waals surface area contributed by atoms with Gasteiger partial charge in [-0.1, -0.05) is 12.1 Å². The minimum atomic E-state index is -0.119. The van der Waals surface area contributed by atoms with Gasteiger partial charge in [0.25, 0.3) is 0 Å². The van der Waals surface area contributed by atoms with Crippen LogP contribution < -0.4 is 10.2 Å². The third-order valence-corrected chi connectivity index (χ3v) is 2.87. The summed E-state index contributed by atoms with van der Waals surface area (Å²) in [6.45, 7) is 0.670. The lowest BCUT2D eigenvalue weighted by Gasteiger charge is -2.17. The molecule has 1 aromatic rings. The summed E-state index contributed by atoms with van der Waals surface area (Å²) in [5.74, 6) is 0.0465. The highest BCUT2D eigenvalue weighted by Crippen LogP contribution is 2.24. The first-order chi connectivity index (χ1) is 7.77. The SMILES string of the molecule is CNC1CCN(c2ccccc2C#N)C1=O. The number of hydrogen-bond donors (Lipinski definition) is 1. The molecule has 16 heavy (non-hydrogen) atoms. The zero-order valence-corrected chi connectivity index (χ0v) is 9.10. The van der Waals surface area contributed by atoms with Crippen LogP contribution in [0.1, 0.15) is 12.0 Å². The van der Waals surface area contributed by atoms with Crippen LogP contribution in [-0.2, 0) is 4.79 Å². The summed E-state index contributed by atoms with van der Waals surface area (Å²) in [6.07, 6.45) is 0.787. The van der Waals surface area contributed by atoms with Crippen molar-refractivity contribution in [1.29, 1.82) is 5.26 Å². The van der Waals surface area contributed by atoms with Gasteiger partial charge in [0.05, 0.1) is 17.3 Å². The second-order valence-corrected chi connectivity index (χ2v) is 3.75. The van der Waals surface area contributed by atoms with E-state index in [4.69, 9.17) is 5.26 Å². The zero-order valence-electron chi connectivity index (χ0n) is 9.10. The van der Waals surface area contributed by atoms with Gasteiger partial charge < -0.3 is 10.2 Å². The average Bonchev–Trinajstić information content (AvgIpc) is 2.70. The Morgan fingerprint density at radius 3 is 2.88 bits per heavy atom. The van der Waals surface area contributed by atoms with Crippen molar-refractivity contribution in [2.45, 2.75) is 12.5 Å². The van der Waals surface area contributed by atoms with Crippen molar-refractivity contribution in [3.8, 4) is 6.07 Å². The molecule has 1 aliphatic rings. The summed E-state index contributed by atoms with van der Waals surface area (Å²) >= 11 is 0. The quantitative estimate of drug-likeness (QED) is 0.796. The van der Waals surface area contributed by atoms with Crippen LogP contribution in [0.5, 0.6) is 0 Å². The molecule has 2 rings (SSSR count). The summed E-state index contributed by atoms with van der Waals surface area (Å²) in [5.41, 5.74) is 1.26. The van der Waals surface area contributed by atoms with Crippen molar-refractivity contribution in [3.05, 3.63) is 29.8 Å². The number of carbonyl (C=O) groups is 1. The van der Waals surface area contributed by atoms with Crippen molar-refractivity contribution >= 4 is 11.6 Å². The van der Waals surface area contributed by atoms with Gasteiger partial charge in [0, 0.05) is 6.54 Å². The molecule has 0 aromatic heterocycles. The molecule has 4 heteroatoms. The molecule has 1 heterocycles. The molecule has 0 aliphatic carbocycles. The Morgan fingerprint density at radius 2 is 2.25 bits per heavy atom. The molecule has 1 N–H and O–H groups in total. The maximum absolute atomic E-state index is 12.0. The van der Waals surface area contributed by atoms with Crippen LogP contribution >= 0.6 is 0 Å². The minimum Gasteiger partial charge on any atom is -0.310 e. The van der Waals surface area contributed by atoms with Gasteiger partial charge in [-0.25, -0.2) is 0 Å². The zero-order chi connectivity index (χ0) is 11.5. The molecule has 1 aliphatic heterocycles. The fourth-order valence-electron chi connectivity index (χ4n) is 1.99. The molecule has 1 fully saturated rings. The van der Waals surface area contributed by atoms with Gasteiger partial charge in [-0.2, -0.15) is 5.26 Å². The van der Waals surface area contributed by atoms with E-state index < -0.39 is 0 Å². The van der Waals surface area contributed by atoms with Crippen molar-refractivity contribution in [3.63, 3.8) is 0 Å². The molecule has 4 nitrogen and oxygen atoms in total. The summed E-state index contributed by atoms with van der Waals surface area (Å²) in [6, 6.07) is 9.19. The largest absolute Gasteiger partial charge is 0.310 e. The van der Waals surface area contributed by atoms with E-state index in [1.807, 2.05) is 12.1 Å². The molecule has 0 saturated carbocycles. The van der Waals surface area contributed by atoms with E-state index in [1.165, 1.54) is 0 Å². The number of likely N-dealkylation sites (N-methyl/N-ethyl adjacent to an activating group) is 1. The normalized spacial score (nSPS) is 19.9. The summed E-state index contributed by atoms with van der Waals surface area (Å²) in [7, 11) is 1.78. The summed E-state index contributed by atoms with van der Waals surface area (Å²) < 4.78 is 0. The molecular formula is C12H13N3O. The number of anilines is 1. The Bertz CT molecular complexity index is 450. The van der Waals surface area contributed by atoms with Crippen molar-refractivity contribution in [1.82, 2.24) is 5.32 Å². The maximum Gasteiger partial charge on any atom is 0.244 e. The van der Waals surface area contributed by atoms with E-state index in [1.54, 1.807) is 24.1 Å². The Balaban J connectivity index is 2.33. The number of hydrogen-bond acceptors (Lipinski definition) is 3. The Hall–Kier alpha value is -1.86. The predicted octanol–water partition coefficient (Wildman–Crippen LogP) is 0.883. The van der Waals surface area contributed by atoms with Gasteiger partial charge in [0.15, 0.2) is 0 Å². The molecular weight excluding hydrogens is 202 g/mol. The molecule has 1 aromatic carbocycles. The first-order valence-corrected chi connectivity index (χ1v) is 5.25. The van der Waals surface area contributed by atoms with E-state index in [0.29, 0.717) is 17.8 Å². The molecule has 1 unspecified atom stereocenters. The van der Waals surface area contributed by atoms with E-state index >= 15 is 0 Å². The van der Waals surface area contributed by atoms with E-state index in [9.17, 15) is 4.79 Å². The Kier molecular flexibility index (Phi) is 2.88. The third kappa shape index (κ3) is 1.66. The molecule has 82 valence electrons. The van der Waals surface area contributed by atoms with Crippen LogP contribution in [0.2, 0.25) is 0 Å². The molecule has 1 saturated heterocycles. The molecule has 0 spiro atoms. The number of rotatable bonds is 2. The number of amides is 1. The van der Waals surface area contributed by atoms with Crippen LogP contribution in [0.25, 0.3) is 0 Å². The van der Waals surface area contributed by atoms with Gasteiger partial charge in [-0.15, -0.1) is 0 Å². The van der Waals surface area contributed by atoms with Crippen molar-refractivity contribution < 1.29 is 4.79 Å². The van der Waals surface area contributed by atoms with Crippen LogP contribution in [0, 0.1) is 11.3 Å². The molecule has 0 bridgehead atoms. The van der Waals surface area contributed by atoms with Crippen LogP contribution in [-0.4, -0.2) is 25.5 Å². The maximum atomic E-state index is 12.0. The second kappa shape index (κ2) is 4.33. The van der Waals surface area contributed by atoms with Crippen molar-refractivity contribution in [2.75, 3.05) is 18.5 Å². The smallest absolute Gasteiger partial charge is 0.244 e. The monoisotopic (exact) mass is 215 g/mol. The van der Waals surface area contributed by atoms with Gasteiger partial charge in [0.1, 0.15) is 6.07 Å². The highest BCUT2D eigenvalue weighted by atomic mass is 16.2. The van der Waals surface area contributed by atoms with Crippen LogP contribution in [0.3, 0.4) is 0 Å². The standard InChI is InChI=1S/C12H13N3O/c1-14-10-6-7-15(12(10)16)11-5-3-2-4-9(11)8-13/h2-5,10,14H,6-7H2,1H3. The molecule has 1 atom stereocenters. The predicted molar refractivity (Wildman–Crippen MR) is 61.0 cm³/mol. The molecule has 1 amide bonds. The number of nitrogens with zero attached hydrogens (tertiary/aromatic N) is 2. The van der Waals surface area contributed by atoms with E-state index in [-0.39, 0.29) is 11.9 Å². The van der Waals surface area contributed by atoms with Crippen LogP contribution in [0.15, 0.2) is 24.3 Å². The van der Waals surface area contributed by atoms with Gasteiger partial charge >= 0.3 is 0 Å². The summed E-state index contributed by atoms with van der Waals surface area (Å²) in [4.78, 5) is 13.6. The fourth-order valence-corrected chi connectivity index (χ4v) is 1.99. The number of benzene rings is 1. The minimum absolute atomic E-state index is 0.0465. The number of para-hydroxylation sites is 1. The molecule has 0 radical (unpaired) electrons. The van der Waals surface area contributed by atoms with E-state index in [2.05, 4.69) is 11.4 Å². The van der Waals surface area contributed by atoms with Gasteiger partial charge in [-0.05, 0) is 25.6 Å². The highest BCUT2D eigenvalue weighted by molar-refractivity contribution is 6.00. The topological polar surface area (TPSA) is 56.1 Å². The lowest BCUT2D eigenvalue weighted by atomic mass is 10.2. The number of carbonyl (C=O) groups excluding carboxylic acids is 1. The van der Waals surface area contributed by atoms with Crippen LogP contribution in [0.4, 0.5) is 5.69 Å². The fraction of sp³-hybridized carbons (Fsp3) is 0.333. The van der Waals surface area contributed by atoms with E-state index in [0.717, 1.165) is 6.42 Å². The first kappa shape index (κ1) is 10.7. The number of nitriles is 1. The first-order valence-electron chi connectivity index (χ1n) is 5.25. The Morgan fingerprint density at radius 1 is 1.50 bits per heavy atom. The average molecular weight is 215 g/mol. The lowest BCUT2D eigenvalue weighted by Crippen LogP contribution is -2.36. The third-order valence-electron chi connectivity index (χ3n) is 2.87. The lowest BCUT2D eigenvalue weighted by molar-refractivity contribution is -0.118. The number of nitrogens with one attached hydrogen (secondary N) is 1. The Labute approximate surface area is 94.5 Å². The van der Waals surface area contributed by atoms with Gasteiger partial charge in [0.2, 0.25) is 5.91 Å². The highest BCUT2D eigenvalue weighted by Gasteiger charge is 2.32. The van der Waals surface area contributed by atoms with Gasteiger partial charge in [-0.3, -0.25) is 4.79 Å².